The summed E-state index contributed by atoms with van der Waals surface area (Å²) >= 11 is 0. The first-order valence-corrected chi connectivity index (χ1v) is 10.2. The number of halogens is 3. The van der Waals surface area contributed by atoms with Crippen molar-refractivity contribution in [3.8, 4) is 0 Å². The van der Waals surface area contributed by atoms with E-state index in [1.807, 2.05) is 0 Å². The summed E-state index contributed by atoms with van der Waals surface area (Å²) in [5.74, 6) is 0.302. The molecular formula is C21H25F3N2O3. The first-order chi connectivity index (χ1) is 13.8. The third kappa shape index (κ3) is 4.57. The maximum absolute atomic E-state index is 12.7. The molecule has 1 aliphatic carbocycles. The molecule has 1 atom stereocenters. The van der Waals surface area contributed by atoms with Crippen LogP contribution in [0.15, 0.2) is 24.3 Å². The molecule has 2 amide bonds. The van der Waals surface area contributed by atoms with Crippen LogP contribution in [0.2, 0.25) is 0 Å². The normalized spacial score (nSPS) is 24.0. The molecule has 1 saturated carbocycles. The first-order valence-electron chi connectivity index (χ1n) is 10.2. The van der Waals surface area contributed by atoms with Gasteiger partial charge in [-0.3, -0.25) is 9.59 Å². The number of carbonyl (C=O) groups excluding carboxylic acids is 2. The van der Waals surface area contributed by atoms with E-state index in [1.54, 1.807) is 4.90 Å². The molecule has 0 radical (unpaired) electrons. The van der Waals surface area contributed by atoms with Crippen LogP contribution >= 0.6 is 0 Å². The number of carbonyl (C=O) groups is 2. The molecular weight excluding hydrogens is 385 g/mol. The number of nitrogens with one attached hydrogen (secondary N) is 1. The highest BCUT2D eigenvalue weighted by Crippen LogP contribution is 2.39. The van der Waals surface area contributed by atoms with E-state index in [9.17, 15) is 22.8 Å². The van der Waals surface area contributed by atoms with Crippen molar-refractivity contribution in [1.29, 1.82) is 0 Å². The van der Waals surface area contributed by atoms with E-state index in [1.165, 1.54) is 25.0 Å². The van der Waals surface area contributed by atoms with Gasteiger partial charge in [0.15, 0.2) is 0 Å². The Hall–Kier alpha value is -2.09. The predicted octanol–water partition coefficient (Wildman–Crippen LogP) is 3.39. The highest BCUT2D eigenvalue weighted by Gasteiger charge is 2.45. The number of rotatable bonds is 4. The summed E-state index contributed by atoms with van der Waals surface area (Å²) < 4.78 is 44.2. The quantitative estimate of drug-likeness (QED) is 0.828. The smallest absolute Gasteiger partial charge is 0.362 e. The number of amides is 2. The predicted molar refractivity (Wildman–Crippen MR) is 99.2 cm³/mol. The summed E-state index contributed by atoms with van der Waals surface area (Å²) in [7, 11) is 0. The third-order valence-electron chi connectivity index (χ3n) is 6.23. The van der Waals surface area contributed by atoms with Gasteiger partial charge in [-0.05, 0) is 68.7 Å². The van der Waals surface area contributed by atoms with Gasteiger partial charge in [-0.25, -0.2) is 0 Å². The van der Waals surface area contributed by atoms with Crippen molar-refractivity contribution in [3.63, 3.8) is 0 Å². The Bertz CT molecular complexity index is 766. The number of piperidine rings is 1. The van der Waals surface area contributed by atoms with Gasteiger partial charge in [0.25, 0.3) is 5.91 Å². The van der Waals surface area contributed by atoms with Crippen LogP contribution in [0.3, 0.4) is 0 Å². The maximum Gasteiger partial charge on any atom is 0.416 e. The molecule has 2 aliphatic heterocycles. The minimum atomic E-state index is -4.42. The highest BCUT2D eigenvalue weighted by molar-refractivity contribution is 5.94. The Morgan fingerprint density at radius 3 is 2.31 bits per heavy atom. The van der Waals surface area contributed by atoms with Gasteiger partial charge >= 0.3 is 6.18 Å². The van der Waals surface area contributed by atoms with Crippen LogP contribution in [0.4, 0.5) is 13.2 Å². The lowest BCUT2D eigenvalue weighted by molar-refractivity contribution is -0.140. The molecule has 1 spiro atoms. The molecule has 4 rings (SSSR count). The van der Waals surface area contributed by atoms with Gasteiger partial charge in [-0.15, -0.1) is 0 Å². The van der Waals surface area contributed by atoms with Crippen LogP contribution in [0.25, 0.3) is 0 Å². The minimum absolute atomic E-state index is 0.0444. The second kappa shape index (κ2) is 7.63. The average Bonchev–Trinajstić information content (AvgIpc) is 3.45. The van der Waals surface area contributed by atoms with Crippen LogP contribution in [0.5, 0.6) is 0 Å². The lowest BCUT2D eigenvalue weighted by atomic mass is 9.88. The van der Waals surface area contributed by atoms with Crippen molar-refractivity contribution in [1.82, 2.24) is 10.2 Å². The van der Waals surface area contributed by atoms with E-state index in [-0.39, 0.29) is 23.0 Å². The Kier molecular flexibility index (Phi) is 5.31. The molecule has 0 bridgehead atoms. The molecule has 8 heteroatoms. The first kappa shape index (κ1) is 20.2. The molecule has 0 unspecified atom stereocenters. The summed E-state index contributed by atoms with van der Waals surface area (Å²) in [6, 6.07) is 4.32. The Morgan fingerprint density at radius 2 is 1.72 bits per heavy atom. The Balaban J connectivity index is 1.29. The van der Waals surface area contributed by atoms with Crippen LogP contribution in [-0.4, -0.2) is 48.1 Å². The number of benzene rings is 1. The SMILES string of the molecule is O=C(NCC1CC1)[C@H]1CCC2(CCN(C(=O)c3ccc(C(F)(F)F)cc3)CC2)O1. The van der Waals surface area contributed by atoms with Gasteiger partial charge in [-0.1, -0.05) is 0 Å². The van der Waals surface area contributed by atoms with E-state index in [2.05, 4.69) is 5.32 Å². The standard InChI is InChI=1S/C21H25F3N2O3/c22-21(23,24)16-5-3-15(4-6-16)19(28)26-11-9-20(10-12-26)8-7-17(29-20)18(27)25-13-14-1-2-14/h3-6,14,17H,1-2,7-13H2,(H,25,27)/t17-/m1/s1. The number of nitrogens with zero attached hydrogens (tertiary/aromatic N) is 1. The molecule has 1 aromatic carbocycles. The molecule has 2 saturated heterocycles. The summed E-state index contributed by atoms with van der Waals surface area (Å²) in [6.45, 7) is 1.66. The lowest BCUT2D eigenvalue weighted by Crippen LogP contribution is -2.47. The van der Waals surface area contributed by atoms with E-state index in [0.29, 0.717) is 38.3 Å². The van der Waals surface area contributed by atoms with Crippen LogP contribution in [-0.2, 0) is 15.7 Å². The van der Waals surface area contributed by atoms with Crippen LogP contribution in [0.1, 0.15) is 54.4 Å². The van der Waals surface area contributed by atoms with E-state index >= 15 is 0 Å². The van der Waals surface area contributed by atoms with Crippen molar-refractivity contribution in [2.24, 2.45) is 5.92 Å². The molecule has 1 N–H and O–H groups in total. The zero-order valence-corrected chi connectivity index (χ0v) is 16.1. The monoisotopic (exact) mass is 410 g/mol. The topological polar surface area (TPSA) is 58.6 Å². The fourth-order valence-corrected chi connectivity index (χ4v) is 4.15. The fourth-order valence-electron chi connectivity index (χ4n) is 4.15. The Morgan fingerprint density at radius 1 is 1.07 bits per heavy atom. The summed E-state index contributed by atoms with van der Waals surface area (Å²) in [6.07, 6.45) is 0.251. The van der Waals surface area contributed by atoms with Gasteiger partial charge in [0.1, 0.15) is 6.10 Å². The van der Waals surface area contributed by atoms with Crippen molar-refractivity contribution in [2.75, 3.05) is 19.6 Å². The summed E-state index contributed by atoms with van der Waals surface area (Å²) in [5.41, 5.74) is -0.894. The molecule has 1 aromatic rings. The zero-order valence-electron chi connectivity index (χ0n) is 16.1. The number of alkyl halides is 3. The number of hydrogen-bond donors (Lipinski definition) is 1. The Labute approximate surface area is 167 Å². The number of hydrogen-bond acceptors (Lipinski definition) is 3. The maximum atomic E-state index is 12.7. The largest absolute Gasteiger partial charge is 0.416 e. The van der Waals surface area contributed by atoms with Crippen molar-refractivity contribution >= 4 is 11.8 Å². The molecule has 0 aromatic heterocycles. The van der Waals surface area contributed by atoms with E-state index in [0.717, 1.165) is 25.1 Å². The van der Waals surface area contributed by atoms with Gasteiger partial charge in [0.05, 0.1) is 11.2 Å². The second-order valence-electron chi connectivity index (χ2n) is 8.38. The molecule has 3 fully saturated rings. The van der Waals surface area contributed by atoms with Crippen LogP contribution in [0, 0.1) is 5.92 Å². The van der Waals surface area contributed by atoms with Crippen molar-refractivity contribution in [3.05, 3.63) is 35.4 Å². The zero-order chi connectivity index (χ0) is 20.6. The second-order valence-corrected chi connectivity index (χ2v) is 8.38. The van der Waals surface area contributed by atoms with E-state index < -0.39 is 17.8 Å². The average molecular weight is 410 g/mol. The molecule has 2 heterocycles. The van der Waals surface area contributed by atoms with Gasteiger partial charge < -0.3 is 15.0 Å². The van der Waals surface area contributed by atoms with Crippen LogP contribution < -0.4 is 5.32 Å². The number of ether oxygens (including phenoxy) is 1. The fraction of sp³-hybridized carbons (Fsp3) is 0.619. The minimum Gasteiger partial charge on any atom is -0.362 e. The molecule has 29 heavy (non-hydrogen) atoms. The van der Waals surface area contributed by atoms with Gasteiger partial charge in [-0.2, -0.15) is 13.2 Å². The van der Waals surface area contributed by atoms with E-state index in [4.69, 9.17) is 4.74 Å². The lowest BCUT2D eigenvalue weighted by Gasteiger charge is -2.39. The van der Waals surface area contributed by atoms with Crippen molar-refractivity contribution in [2.45, 2.75) is 56.4 Å². The van der Waals surface area contributed by atoms with Gasteiger partial charge in [0, 0.05) is 25.2 Å². The summed E-state index contributed by atoms with van der Waals surface area (Å²) in [5, 5.41) is 2.96. The van der Waals surface area contributed by atoms with Gasteiger partial charge in [0.2, 0.25) is 5.91 Å². The molecule has 158 valence electrons. The molecule has 5 nitrogen and oxygen atoms in total. The number of likely N-dealkylation sites (tertiary alicyclic amines) is 1. The molecule has 3 aliphatic rings. The van der Waals surface area contributed by atoms with Crippen molar-refractivity contribution < 1.29 is 27.5 Å². The third-order valence-corrected chi connectivity index (χ3v) is 6.23. The highest BCUT2D eigenvalue weighted by atomic mass is 19.4. The summed E-state index contributed by atoms with van der Waals surface area (Å²) in [4.78, 5) is 26.6.